The van der Waals surface area contributed by atoms with Gasteiger partial charge in [0.25, 0.3) is 0 Å². The zero-order chi connectivity index (χ0) is 21.5. The van der Waals surface area contributed by atoms with Crippen LogP contribution >= 0.6 is 0 Å². The van der Waals surface area contributed by atoms with Gasteiger partial charge in [-0.05, 0) is 43.4 Å². The van der Waals surface area contributed by atoms with E-state index < -0.39 is 0 Å². The number of hydrogen-bond acceptors (Lipinski definition) is 7. The van der Waals surface area contributed by atoms with Gasteiger partial charge in [-0.2, -0.15) is 0 Å². The van der Waals surface area contributed by atoms with Gasteiger partial charge in [0.2, 0.25) is 5.78 Å². The van der Waals surface area contributed by atoms with Crippen LogP contribution in [0.25, 0.3) is 28.3 Å². The van der Waals surface area contributed by atoms with E-state index in [4.69, 9.17) is 0 Å². The molecule has 2 atom stereocenters. The fourth-order valence-corrected chi connectivity index (χ4v) is 4.43. The Hall–Kier alpha value is -3.55. The minimum absolute atomic E-state index is 0.0571. The van der Waals surface area contributed by atoms with Crippen LogP contribution in [-0.2, 0) is 0 Å². The van der Waals surface area contributed by atoms with E-state index in [9.17, 15) is 5.11 Å². The molecule has 1 N–H and O–H groups in total. The predicted molar refractivity (Wildman–Crippen MR) is 119 cm³/mol. The molecule has 5 rings (SSSR count). The summed E-state index contributed by atoms with van der Waals surface area (Å²) in [6, 6.07) is 5.51. The van der Waals surface area contributed by atoms with E-state index in [-0.39, 0.29) is 5.75 Å². The maximum absolute atomic E-state index is 10.6. The second-order valence-corrected chi connectivity index (χ2v) is 8.65. The summed E-state index contributed by atoms with van der Waals surface area (Å²) in [6.07, 6.45) is 8.52. The first-order chi connectivity index (χ1) is 15.0. The van der Waals surface area contributed by atoms with Gasteiger partial charge < -0.3 is 10.0 Å². The molecule has 0 radical (unpaired) electrons. The highest BCUT2D eigenvalue weighted by molar-refractivity contribution is 5.70. The first-order valence-electron chi connectivity index (χ1n) is 10.6. The highest BCUT2D eigenvalue weighted by atomic mass is 16.3. The van der Waals surface area contributed by atoms with Crippen LogP contribution in [0.15, 0.2) is 43.0 Å². The third kappa shape index (κ3) is 3.81. The highest BCUT2D eigenvalue weighted by Crippen LogP contribution is 2.31. The normalized spacial score (nSPS) is 19.1. The van der Waals surface area contributed by atoms with Crippen LogP contribution in [0.3, 0.4) is 0 Å². The molecule has 0 aliphatic carbocycles. The third-order valence-corrected chi connectivity index (χ3v) is 5.72. The number of aromatic nitrogens is 6. The number of hydrogen-bond donors (Lipinski definition) is 1. The molecule has 0 spiro atoms. The molecule has 0 saturated carbocycles. The fourth-order valence-electron chi connectivity index (χ4n) is 4.43. The third-order valence-electron chi connectivity index (χ3n) is 5.72. The smallest absolute Gasteiger partial charge is 0.233 e. The SMILES string of the molecule is Cc1cn2cc(-c3cnc(-c4ccc(N5C[C@H](C)C[C@H](C)C5)nn4)c(O)c3)cnc2n1. The molecule has 1 saturated heterocycles. The van der Waals surface area contributed by atoms with E-state index in [1.165, 1.54) is 6.42 Å². The van der Waals surface area contributed by atoms with Crippen molar-refractivity contribution in [3.8, 4) is 28.3 Å². The number of nitrogens with zero attached hydrogens (tertiary/aromatic N) is 7. The summed E-state index contributed by atoms with van der Waals surface area (Å²) in [7, 11) is 0. The Kier molecular flexibility index (Phi) is 4.77. The van der Waals surface area contributed by atoms with Crippen molar-refractivity contribution in [3.63, 3.8) is 0 Å². The lowest BCUT2D eigenvalue weighted by molar-refractivity contribution is 0.355. The lowest BCUT2D eigenvalue weighted by Gasteiger charge is -2.35. The van der Waals surface area contributed by atoms with Crippen molar-refractivity contribution in [2.45, 2.75) is 27.2 Å². The molecule has 0 amide bonds. The molecule has 1 aliphatic rings. The Morgan fingerprint density at radius 3 is 2.45 bits per heavy atom. The topological polar surface area (TPSA) is 92.3 Å². The predicted octanol–water partition coefficient (Wildman–Crippen LogP) is 3.74. The summed E-state index contributed by atoms with van der Waals surface area (Å²) < 4.78 is 1.86. The molecular weight excluding hydrogens is 390 g/mol. The van der Waals surface area contributed by atoms with Crippen LogP contribution in [0.5, 0.6) is 5.75 Å². The lowest BCUT2D eigenvalue weighted by atomic mass is 9.92. The Bertz CT molecular complexity index is 1220. The van der Waals surface area contributed by atoms with Gasteiger partial charge in [0.15, 0.2) is 5.82 Å². The molecule has 8 nitrogen and oxygen atoms in total. The van der Waals surface area contributed by atoms with Crippen molar-refractivity contribution < 1.29 is 5.11 Å². The standard InChI is InChI=1S/C23H25N7O/c1-14-6-15(2)11-29(10-14)21-5-4-19(27-28-21)22-20(31)7-17(8-24-22)18-9-25-23-26-16(3)12-30(23)13-18/h4-5,7-9,12-15,31H,6,10-11H2,1-3H3/t14-,15+. The molecule has 0 aromatic carbocycles. The number of piperidine rings is 1. The summed E-state index contributed by atoms with van der Waals surface area (Å²) in [5, 5.41) is 19.4. The maximum Gasteiger partial charge on any atom is 0.233 e. The number of pyridine rings is 1. The van der Waals surface area contributed by atoms with E-state index >= 15 is 0 Å². The van der Waals surface area contributed by atoms with Crippen molar-refractivity contribution in [2.24, 2.45) is 11.8 Å². The van der Waals surface area contributed by atoms with E-state index in [0.29, 0.717) is 29.0 Å². The molecular formula is C23H25N7O. The molecule has 5 heterocycles. The van der Waals surface area contributed by atoms with E-state index in [2.05, 4.69) is 43.9 Å². The molecule has 8 heteroatoms. The van der Waals surface area contributed by atoms with Crippen molar-refractivity contribution in [3.05, 3.63) is 48.7 Å². The van der Waals surface area contributed by atoms with Crippen molar-refractivity contribution in [1.82, 2.24) is 29.5 Å². The van der Waals surface area contributed by atoms with E-state index in [0.717, 1.165) is 35.7 Å². The lowest BCUT2D eigenvalue weighted by Crippen LogP contribution is -2.39. The van der Waals surface area contributed by atoms with Gasteiger partial charge in [0.1, 0.15) is 17.1 Å². The van der Waals surface area contributed by atoms with Crippen LogP contribution < -0.4 is 4.90 Å². The Morgan fingerprint density at radius 2 is 1.74 bits per heavy atom. The second-order valence-electron chi connectivity index (χ2n) is 8.65. The zero-order valence-corrected chi connectivity index (χ0v) is 17.9. The summed E-state index contributed by atoms with van der Waals surface area (Å²) in [5.74, 6) is 2.85. The summed E-state index contributed by atoms with van der Waals surface area (Å²) >= 11 is 0. The van der Waals surface area contributed by atoms with Gasteiger partial charge in [0, 0.05) is 49.0 Å². The average Bonchev–Trinajstić information content (AvgIpc) is 3.12. The molecule has 0 unspecified atom stereocenters. The number of aromatic hydroxyl groups is 1. The minimum atomic E-state index is 0.0571. The number of rotatable bonds is 3. The maximum atomic E-state index is 10.6. The second kappa shape index (κ2) is 7.61. The molecule has 4 aromatic rings. The largest absolute Gasteiger partial charge is 0.506 e. The van der Waals surface area contributed by atoms with E-state index in [1.54, 1.807) is 18.5 Å². The van der Waals surface area contributed by atoms with Crippen LogP contribution in [0.2, 0.25) is 0 Å². The summed E-state index contributed by atoms with van der Waals surface area (Å²) in [6.45, 7) is 8.45. The van der Waals surface area contributed by atoms with Crippen molar-refractivity contribution >= 4 is 11.6 Å². The van der Waals surface area contributed by atoms with Gasteiger partial charge in [-0.15, -0.1) is 10.2 Å². The van der Waals surface area contributed by atoms with Gasteiger partial charge in [-0.1, -0.05) is 13.8 Å². The van der Waals surface area contributed by atoms with Crippen molar-refractivity contribution in [1.29, 1.82) is 0 Å². The first-order valence-corrected chi connectivity index (χ1v) is 10.6. The Labute approximate surface area is 180 Å². The van der Waals surface area contributed by atoms with Gasteiger partial charge in [0.05, 0.1) is 5.69 Å². The van der Waals surface area contributed by atoms with Crippen molar-refractivity contribution in [2.75, 3.05) is 18.0 Å². The van der Waals surface area contributed by atoms with Gasteiger partial charge in [-0.25, -0.2) is 15.0 Å². The zero-order valence-electron chi connectivity index (χ0n) is 17.9. The quantitative estimate of drug-likeness (QED) is 0.545. The minimum Gasteiger partial charge on any atom is -0.506 e. The Morgan fingerprint density at radius 1 is 0.968 bits per heavy atom. The molecule has 158 valence electrons. The number of anilines is 1. The van der Waals surface area contributed by atoms with Crippen LogP contribution in [-0.4, -0.2) is 47.7 Å². The molecule has 1 aliphatic heterocycles. The summed E-state index contributed by atoms with van der Waals surface area (Å²) in [5.41, 5.74) is 3.47. The molecule has 1 fully saturated rings. The molecule has 0 bridgehead atoms. The molecule has 4 aromatic heterocycles. The van der Waals surface area contributed by atoms with Gasteiger partial charge in [-0.3, -0.25) is 4.40 Å². The van der Waals surface area contributed by atoms with Gasteiger partial charge >= 0.3 is 0 Å². The first kappa shape index (κ1) is 19.4. The Balaban J connectivity index is 1.40. The number of imidazole rings is 1. The monoisotopic (exact) mass is 415 g/mol. The van der Waals surface area contributed by atoms with Crippen LogP contribution in [0, 0.1) is 18.8 Å². The average molecular weight is 416 g/mol. The number of fused-ring (bicyclic) bond motifs is 1. The summed E-state index contributed by atoms with van der Waals surface area (Å²) in [4.78, 5) is 15.4. The number of aryl methyl sites for hydroxylation is 1. The fraction of sp³-hybridized carbons (Fsp3) is 0.348. The van der Waals surface area contributed by atoms with Crippen LogP contribution in [0.1, 0.15) is 26.0 Å². The highest BCUT2D eigenvalue weighted by Gasteiger charge is 2.23. The van der Waals surface area contributed by atoms with Crippen LogP contribution in [0.4, 0.5) is 5.82 Å². The van der Waals surface area contributed by atoms with E-state index in [1.807, 2.05) is 35.9 Å². The molecule has 31 heavy (non-hydrogen) atoms.